The molecule has 4 unspecified atom stereocenters. The number of hydrogen-bond acceptors (Lipinski definition) is 10. The number of rotatable bonds is 12. The molecule has 2 heterocycles. The highest BCUT2D eigenvalue weighted by molar-refractivity contribution is 6.04. The van der Waals surface area contributed by atoms with E-state index in [1.165, 1.54) is 78.9 Å². The maximum Gasteiger partial charge on any atom is 0.336 e. The Labute approximate surface area is 327 Å². The Morgan fingerprint density at radius 1 is 0.397 bits per heavy atom. The van der Waals surface area contributed by atoms with Gasteiger partial charge in [0.15, 0.2) is 0 Å². The van der Waals surface area contributed by atoms with Gasteiger partial charge in [-0.1, -0.05) is 42.5 Å². The van der Waals surface area contributed by atoms with Crippen LogP contribution in [0.1, 0.15) is 108 Å². The maximum absolute atomic E-state index is 11.6. The Bertz CT molecular complexity index is 1980. The molecule has 0 bridgehead atoms. The molecule has 4 atom stereocenters. The molecule has 58 heavy (non-hydrogen) atoms. The molecule has 0 radical (unpaired) electrons. The summed E-state index contributed by atoms with van der Waals surface area (Å²) in [5.41, 5.74) is -0.0470. The Morgan fingerprint density at radius 2 is 0.655 bits per heavy atom. The molecule has 4 aromatic carbocycles. The van der Waals surface area contributed by atoms with Gasteiger partial charge in [0, 0.05) is 12.8 Å². The molecule has 0 amide bonds. The van der Waals surface area contributed by atoms with Gasteiger partial charge in [0.2, 0.25) is 0 Å². The van der Waals surface area contributed by atoms with Crippen molar-refractivity contribution in [2.75, 3.05) is 0 Å². The lowest BCUT2D eigenvalue weighted by atomic mass is 9.90. The van der Waals surface area contributed by atoms with Gasteiger partial charge in [0.25, 0.3) is 0 Å². The summed E-state index contributed by atoms with van der Waals surface area (Å²) in [4.78, 5) is 85.7. The van der Waals surface area contributed by atoms with Crippen LogP contribution < -0.4 is 0 Å². The highest BCUT2D eigenvalue weighted by atomic mass is 16.6. The maximum atomic E-state index is 11.6. The summed E-state index contributed by atoms with van der Waals surface area (Å²) in [6.45, 7) is 3.87. The molecule has 6 rings (SSSR count). The number of hydrogen-bond donors (Lipinski definition) is 8. The van der Waals surface area contributed by atoms with Gasteiger partial charge in [0.1, 0.15) is 0 Å². The summed E-state index contributed by atoms with van der Waals surface area (Å²) in [5, 5.41) is 70.0. The minimum Gasteiger partial charge on any atom is -0.478 e. The highest BCUT2D eigenvalue weighted by Gasteiger charge is 2.39. The zero-order valence-corrected chi connectivity index (χ0v) is 30.5. The van der Waals surface area contributed by atoms with E-state index in [9.17, 15) is 48.6 Å². The smallest absolute Gasteiger partial charge is 0.336 e. The third-order valence-corrected chi connectivity index (χ3v) is 8.52. The number of carboxylic acid groups (broad SMARTS) is 8. The summed E-state index contributed by atoms with van der Waals surface area (Å²) >= 11 is 0. The quantitative estimate of drug-likeness (QED) is 0.0874. The van der Waals surface area contributed by atoms with Crippen molar-refractivity contribution in [2.45, 2.75) is 51.1 Å². The highest BCUT2D eigenvalue weighted by Crippen LogP contribution is 2.33. The topological polar surface area (TPSA) is 323 Å². The molecule has 0 aromatic heterocycles. The Balaban J connectivity index is 0.000000217. The number of aromatic carboxylic acids is 8. The molecule has 18 nitrogen and oxygen atoms in total. The number of ether oxygens (including phenoxy) is 2. The molecule has 0 saturated carbocycles. The van der Waals surface area contributed by atoms with Crippen molar-refractivity contribution in [1.29, 1.82) is 0 Å². The van der Waals surface area contributed by atoms with Gasteiger partial charge in [-0.15, -0.1) is 0 Å². The van der Waals surface area contributed by atoms with Crippen LogP contribution in [0.25, 0.3) is 0 Å². The van der Waals surface area contributed by atoms with Crippen LogP contribution in [0.4, 0.5) is 0 Å². The molecule has 18 heteroatoms. The van der Waals surface area contributed by atoms with Gasteiger partial charge in [-0.2, -0.15) is 0 Å². The zero-order valence-electron chi connectivity index (χ0n) is 30.5. The first-order chi connectivity index (χ1) is 27.3. The minimum absolute atomic E-state index is 0.0431. The van der Waals surface area contributed by atoms with Crippen LogP contribution in [0.5, 0.6) is 0 Å². The van der Waals surface area contributed by atoms with Crippen LogP contribution >= 0.6 is 0 Å². The van der Waals surface area contributed by atoms with Crippen LogP contribution in [-0.2, 0) is 22.3 Å². The van der Waals surface area contributed by atoms with E-state index in [4.69, 9.17) is 40.1 Å². The fraction of sp³-hybridized carbons (Fsp3) is 0.200. The number of carboxylic acids is 8. The number of epoxide rings is 2. The summed E-state index contributed by atoms with van der Waals surface area (Å²) < 4.78 is 10.8. The zero-order chi connectivity index (χ0) is 43.4. The second kappa shape index (κ2) is 19.9. The van der Waals surface area contributed by atoms with Crippen molar-refractivity contribution in [1.82, 2.24) is 0 Å². The average molecular weight is 805 g/mol. The number of carbonyl (C=O) groups is 8. The van der Waals surface area contributed by atoms with Crippen molar-refractivity contribution in [2.24, 2.45) is 0 Å². The molecule has 2 saturated heterocycles. The summed E-state index contributed by atoms with van der Waals surface area (Å²) in [6, 6.07) is 19.5. The predicted molar refractivity (Wildman–Crippen MR) is 198 cm³/mol. The normalized spacial score (nSPS) is 16.9. The van der Waals surface area contributed by atoms with E-state index in [1.54, 1.807) is 6.07 Å². The van der Waals surface area contributed by atoms with Gasteiger partial charge in [-0.3, -0.25) is 0 Å². The first-order valence-corrected chi connectivity index (χ1v) is 16.9. The van der Waals surface area contributed by atoms with Gasteiger partial charge in [-0.25, -0.2) is 38.4 Å². The van der Waals surface area contributed by atoms with Gasteiger partial charge in [0.05, 0.1) is 68.9 Å². The Hall–Kier alpha value is -7.44. The first-order valence-electron chi connectivity index (χ1n) is 16.9. The largest absolute Gasteiger partial charge is 0.478 e. The van der Waals surface area contributed by atoms with Crippen molar-refractivity contribution in [3.8, 4) is 0 Å². The molecular formula is C40H36O18. The molecule has 8 N–H and O–H groups in total. The molecule has 304 valence electrons. The molecule has 0 spiro atoms. The third kappa shape index (κ3) is 12.3. The standard InChI is InChI=1S/C16H18O6.3C8H6O4/c1-7-12(21-7)5-9-3-4-10(15(17)18)14(16(19)20)11(9)6-13-8(2)22-13;3*9-7(10)5-3-1-2-4-6(5)8(11)12/h3-4,7-8,12-13H,5-6H2,1-2H3,(H,17,18)(H,19,20);3*1-4H,(H,9,10)(H,11,12). The molecule has 4 aromatic rings. The first kappa shape index (κ1) is 45.0. The van der Waals surface area contributed by atoms with Crippen molar-refractivity contribution in [3.63, 3.8) is 0 Å². The molecule has 2 fully saturated rings. The van der Waals surface area contributed by atoms with E-state index in [-0.39, 0.29) is 68.9 Å². The van der Waals surface area contributed by atoms with Crippen LogP contribution in [0.15, 0.2) is 84.9 Å². The second-order valence-electron chi connectivity index (χ2n) is 12.4. The lowest BCUT2D eigenvalue weighted by molar-refractivity contribution is 0.0650. The van der Waals surface area contributed by atoms with E-state index >= 15 is 0 Å². The van der Waals surface area contributed by atoms with Gasteiger partial charge in [-0.05, 0) is 67.4 Å². The van der Waals surface area contributed by atoms with E-state index in [1.807, 2.05) is 13.8 Å². The third-order valence-electron chi connectivity index (χ3n) is 8.52. The SMILES string of the molecule is CC1OC1Cc1ccc(C(=O)O)c(C(=O)O)c1CC1OC1C.O=C(O)c1ccccc1C(=O)O.O=C(O)c1ccccc1C(=O)O.O=C(O)c1ccccc1C(=O)O. The van der Waals surface area contributed by atoms with Crippen LogP contribution in [0.2, 0.25) is 0 Å². The van der Waals surface area contributed by atoms with E-state index in [0.29, 0.717) is 18.4 Å². The van der Waals surface area contributed by atoms with Gasteiger partial charge >= 0.3 is 47.8 Å². The predicted octanol–water partition coefficient (Wildman–Crippen LogP) is 4.99. The fourth-order valence-electron chi connectivity index (χ4n) is 5.41. The van der Waals surface area contributed by atoms with Gasteiger partial charge < -0.3 is 50.3 Å². The average Bonchev–Trinajstić information content (AvgIpc) is 4.08. The van der Waals surface area contributed by atoms with Crippen molar-refractivity contribution >= 4 is 47.8 Å². The lowest BCUT2D eigenvalue weighted by Crippen LogP contribution is -2.16. The van der Waals surface area contributed by atoms with Crippen molar-refractivity contribution < 1.29 is 88.7 Å². The van der Waals surface area contributed by atoms with Crippen LogP contribution in [-0.4, -0.2) is 113 Å². The second-order valence-corrected chi connectivity index (χ2v) is 12.4. The minimum atomic E-state index is -1.23. The van der Waals surface area contributed by atoms with Crippen molar-refractivity contribution in [3.05, 3.63) is 141 Å². The lowest BCUT2D eigenvalue weighted by Gasteiger charge is -2.14. The van der Waals surface area contributed by atoms with Crippen LogP contribution in [0.3, 0.4) is 0 Å². The van der Waals surface area contributed by atoms with E-state index < -0.39 is 47.8 Å². The monoisotopic (exact) mass is 804 g/mol. The number of benzene rings is 4. The molecule has 2 aliphatic heterocycles. The summed E-state index contributed by atoms with van der Waals surface area (Å²) in [5.74, 6) is -9.82. The summed E-state index contributed by atoms with van der Waals surface area (Å²) in [6.07, 6.45) is 1.29. The molecular weight excluding hydrogens is 768 g/mol. The van der Waals surface area contributed by atoms with E-state index in [0.717, 1.165) is 5.56 Å². The Morgan fingerprint density at radius 3 is 0.879 bits per heavy atom. The molecule has 2 aliphatic rings. The van der Waals surface area contributed by atoms with E-state index in [2.05, 4.69) is 0 Å². The Kier molecular flexibility index (Phi) is 15.5. The van der Waals surface area contributed by atoms with Crippen LogP contribution in [0, 0.1) is 0 Å². The molecule has 0 aliphatic carbocycles. The fourth-order valence-corrected chi connectivity index (χ4v) is 5.41. The summed E-state index contributed by atoms with van der Waals surface area (Å²) in [7, 11) is 0.